The zero-order chi connectivity index (χ0) is 12.4. The summed E-state index contributed by atoms with van der Waals surface area (Å²) in [5.41, 5.74) is 2.16. The Labute approximate surface area is 109 Å². The number of nitrogens with one attached hydrogen (secondary N) is 1. The number of aromatic nitrogens is 2. The standard InChI is InChI=1S/C12H16BrN3O/c1-8-4-5-10(17-8)6-14-7-11-12(13)9(2)15-16(11)3/h4-5,14H,6-7H2,1-3H3. The van der Waals surface area contributed by atoms with Gasteiger partial charge in [-0.1, -0.05) is 0 Å². The molecule has 0 spiro atoms. The molecule has 0 aromatic carbocycles. The largest absolute Gasteiger partial charge is 0.465 e. The molecule has 0 saturated heterocycles. The number of aryl methyl sites for hydroxylation is 3. The average Bonchev–Trinajstić information content (AvgIpc) is 2.78. The quantitative estimate of drug-likeness (QED) is 0.943. The topological polar surface area (TPSA) is 43.0 Å². The van der Waals surface area contributed by atoms with Crippen LogP contribution in [0.5, 0.6) is 0 Å². The monoisotopic (exact) mass is 297 g/mol. The van der Waals surface area contributed by atoms with Crippen LogP contribution in [0.3, 0.4) is 0 Å². The summed E-state index contributed by atoms with van der Waals surface area (Å²) in [5.74, 6) is 1.90. The zero-order valence-corrected chi connectivity index (χ0v) is 11.8. The molecule has 0 atom stereocenters. The van der Waals surface area contributed by atoms with Gasteiger partial charge in [0.1, 0.15) is 11.5 Å². The van der Waals surface area contributed by atoms with Crippen molar-refractivity contribution in [1.29, 1.82) is 0 Å². The Morgan fingerprint density at radius 1 is 1.35 bits per heavy atom. The molecule has 0 aliphatic rings. The van der Waals surface area contributed by atoms with Crippen LogP contribution in [0.1, 0.15) is 22.9 Å². The van der Waals surface area contributed by atoms with E-state index in [0.29, 0.717) is 0 Å². The van der Waals surface area contributed by atoms with Gasteiger partial charge in [-0.25, -0.2) is 0 Å². The van der Waals surface area contributed by atoms with Crippen LogP contribution in [0.25, 0.3) is 0 Å². The van der Waals surface area contributed by atoms with Crippen LogP contribution in [0.4, 0.5) is 0 Å². The van der Waals surface area contributed by atoms with Crippen LogP contribution in [0, 0.1) is 13.8 Å². The molecule has 0 radical (unpaired) electrons. The third kappa shape index (κ3) is 2.79. The lowest BCUT2D eigenvalue weighted by Crippen LogP contribution is -2.15. The maximum atomic E-state index is 5.49. The summed E-state index contributed by atoms with van der Waals surface area (Å²) < 4.78 is 8.45. The molecule has 2 rings (SSSR count). The summed E-state index contributed by atoms with van der Waals surface area (Å²) in [6.07, 6.45) is 0. The summed E-state index contributed by atoms with van der Waals surface area (Å²) >= 11 is 3.54. The van der Waals surface area contributed by atoms with Crippen molar-refractivity contribution in [2.45, 2.75) is 26.9 Å². The molecule has 2 heterocycles. The first-order valence-electron chi connectivity index (χ1n) is 5.52. The van der Waals surface area contributed by atoms with Crippen molar-refractivity contribution in [3.8, 4) is 0 Å². The summed E-state index contributed by atoms with van der Waals surface area (Å²) in [6, 6.07) is 3.97. The Bertz CT molecular complexity index is 516. The van der Waals surface area contributed by atoms with E-state index in [1.165, 1.54) is 0 Å². The molecular formula is C12H16BrN3O. The Morgan fingerprint density at radius 2 is 2.12 bits per heavy atom. The first kappa shape index (κ1) is 12.4. The molecule has 17 heavy (non-hydrogen) atoms. The second-order valence-corrected chi connectivity index (χ2v) is 4.88. The van der Waals surface area contributed by atoms with Crippen molar-refractivity contribution < 1.29 is 4.42 Å². The molecule has 0 fully saturated rings. The maximum absolute atomic E-state index is 5.49. The Kier molecular flexibility index (Phi) is 3.69. The second kappa shape index (κ2) is 5.06. The smallest absolute Gasteiger partial charge is 0.117 e. The van der Waals surface area contributed by atoms with E-state index in [0.717, 1.165) is 40.5 Å². The fourth-order valence-corrected chi connectivity index (χ4v) is 2.23. The Balaban J connectivity index is 1.94. The lowest BCUT2D eigenvalue weighted by Gasteiger charge is -2.04. The maximum Gasteiger partial charge on any atom is 0.117 e. The molecule has 92 valence electrons. The second-order valence-electron chi connectivity index (χ2n) is 4.09. The molecule has 5 heteroatoms. The Hall–Kier alpha value is -1.07. The molecule has 4 nitrogen and oxygen atoms in total. The van der Waals surface area contributed by atoms with E-state index in [9.17, 15) is 0 Å². The molecule has 0 unspecified atom stereocenters. The third-order valence-electron chi connectivity index (χ3n) is 2.65. The van der Waals surface area contributed by atoms with Gasteiger partial charge in [-0.2, -0.15) is 5.10 Å². The summed E-state index contributed by atoms with van der Waals surface area (Å²) in [5, 5.41) is 7.69. The highest BCUT2D eigenvalue weighted by Gasteiger charge is 2.09. The molecule has 1 N–H and O–H groups in total. The van der Waals surface area contributed by atoms with Gasteiger partial charge >= 0.3 is 0 Å². The molecule has 2 aromatic rings. The lowest BCUT2D eigenvalue weighted by atomic mass is 10.3. The molecule has 0 aliphatic heterocycles. The number of nitrogens with zero attached hydrogens (tertiary/aromatic N) is 2. The number of hydrogen-bond donors (Lipinski definition) is 1. The lowest BCUT2D eigenvalue weighted by molar-refractivity contribution is 0.458. The molecule has 0 aliphatic carbocycles. The van der Waals surface area contributed by atoms with E-state index in [1.807, 2.05) is 37.7 Å². The molecule has 0 bridgehead atoms. The minimum atomic E-state index is 0.727. The number of rotatable bonds is 4. The van der Waals surface area contributed by atoms with Gasteiger partial charge in [0, 0.05) is 13.6 Å². The van der Waals surface area contributed by atoms with Crippen LogP contribution < -0.4 is 5.32 Å². The minimum Gasteiger partial charge on any atom is -0.465 e. The molecule has 0 saturated carbocycles. The van der Waals surface area contributed by atoms with Crippen molar-refractivity contribution >= 4 is 15.9 Å². The van der Waals surface area contributed by atoms with Crippen molar-refractivity contribution in [1.82, 2.24) is 15.1 Å². The normalized spacial score (nSPS) is 11.1. The third-order valence-corrected chi connectivity index (χ3v) is 3.68. The summed E-state index contributed by atoms with van der Waals surface area (Å²) in [6.45, 7) is 5.43. The predicted molar refractivity (Wildman–Crippen MR) is 69.6 cm³/mol. The fraction of sp³-hybridized carbons (Fsp3) is 0.417. The van der Waals surface area contributed by atoms with Gasteiger partial charge in [0.25, 0.3) is 0 Å². The van der Waals surface area contributed by atoms with Crippen LogP contribution in [-0.4, -0.2) is 9.78 Å². The number of furan rings is 1. The van der Waals surface area contributed by atoms with Crippen molar-refractivity contribution in [3.05, 3.63) is 39.5 Å². The summed E-state index contributed by atoms with van der Waals surface area (Å²) in [4.78, 5) is 0. The van der Waals surface area contributed by atoms with Crippen LogP contribution in [0.2, 0.25) is 0 Å². The molecule has 2 aromatic heterocycles. The average molecular weight is 298 g/mol. The molecule has 0 amide bonds. The highest BCUT2D eigenvalue weighted by atomic mass is 79.9. The highest BCUT2D eigenvalue weighted by molar-refractivity contribution is 9.10. The van der Waals surface area contributed by atoms with Gasteiger partial charge in [0.15, 0.2) is 0 Å². The SMILES string of the molecule is Cc1ccc(CNCc2c(Br)c(C)nn2C)o1. The Morgan fingerprint density at radius 3 is 2.65 bits per heavy atom. The first-order chi connectivity index (χ1) is 8.08. The zero-order valence-electron chi connectivity index (χ0n) is 10.2. The van der Waals surface area contributed by atoms with E-state index in [-0.39, 0.29) is 0 Å². The predicted octanol–water partition coefficient (Wildman–Crippen LogP) is 2.68. The summed E-state index contributed by atoms with van der Waals surface area (Å²) in [7, 11) is 1.95. The van der Waals surface area contributed by atoms with Crippen molar-refractivity contribution in [2.75, 3.05) is 0 Å². The highest BCUT2D eigenvalue weighted by Crippen LogP contribution is 2.19. The fourth-order valence-electron chi connectivity index (χ4n) is 1.76. The van der Waals surface area contributed by atoms with Crippen molar-refractivity contribution in [3.63, 3.8) is 0 Å². The minimum absolute atomic E-state index is 0.727. The van der Waals surface area contributed by atoms with Crippen LogP contribution in [-0.2, 0) is 20.1 Å². The van der Waals surface area contributed by atoms with E-state index >= 15 is 0 Å². The molecular weight excluding hydrogens is 282 g/mol. The van der Waals surface area contributed by atoms with E-state index in [2.05, 4.69) is 26.3 Å². The van der Waals surface area contributed by atoms with E-state index in [1.54, 1.807) is 0 Å². The van der Waals surface area contributed by atoms with Gasteiger partial charge < -0.3 is 9.73 Å². The number of hydrogen-bond acceptors (Lipinski definition) is 3. The van der Waals surface area contributed by atoms with Crippen LogP contribution in [0.15, 0.2) is 21.0 Å². The van der Waals surface area contributed by atoms with Gasteiger partial charge in [-0.3, -0.25) is 4.68 Å². The van der Waals surface area contributed by atoms with Gasteiger partial charge in [-0.05, 0) is 41.9 Å². The van der Waals surface area contributed by atoms with Crippen LogP contribution >= 0.6 is 15.9 Å². The van der Waals surface area contributed by atoms with Gasteiger partial charge in [-0.15, -0.1) is 0 Å². The van der Waals surface area contributed by atoms with Gasteiger partial charge in [0.2, 0.25) is 0 Å². The van der Waals surface area contributed by atoms with Gasteiger partial charge in [0.05, 0.1) is 22.4 Å². The first-order valence-corrected chi connectivity index (χ1v) is 6.31. The van der Waals surface area contributed by atoms with Crippen molar-refractivity contribution in [2.24, 2.45) is 7.05 Å². The van der Waals surface area contributed by atoms with E-state index in [4.69, 9.17) is 4.42 Å². The van der Waals surface area contributed by atoms with E-state index < -0.39 is 0 Å². The number of halogens is 1.